The number of esters is 1. The number of ether oxygens (including phenoxy) is 3. The van der Waals surface area contributed by atoms with E-state index in [9.17, 15) is 10.1 Å². The van der Waals surface area contributed by atoms with E-state index in [1.165, 1.54) is 7.11 Å². The third-order valence-electron chi connectivity index (χ3n) is 6.46. The molecular formula is C17H25NO4. The molecule has 122 valence electrons. The van der Waals surface area contributed by atoms with Crippen molar-refractivity contribution in [3.8, 4) is 6.07 Å². The number of hydrogen-bond acceptors (Lipinski definition) is 5. The Morgan fingerprint density at radius 1 is 1.32 bits per heavy atom. The number of nitriles is 1. The van der Waals surface area contributed by atoms with Gasteiger partial charge in [0, 0.05) is 12.3 Å². The van der Waals surface area contributed by atoms with Crippen molar-refractivity contribution in [2.75, 3.05) is 20.3 Å². The maximum Gasteiger partial charge on any atom is 0.306 e. The second-order valence-electron chi connectivity index (χ2n) is 7.39. The zero-order valence-electron chi connectivity index (χ0n) is 13.7. The molecule has 0 N–H and O–H groups in total. The summed E-state index contributed by atoms with van der Waals surface area (Å²) < 4.78 is 17.0. The van der Waals surface area contributed by atoms with Crippen molar-refractivity contribution in [1.82, 2.24) is 0 Å². The molecule has 0 aromatic carbocycles. The summed E-state index contributed by atoms with van der Waals surface area (Å²) in [7, 11) is 1.43. The Balaban J connectivity index is 2.05. The zero-order chi connectivity index (χ0) is 16.0. The summed E-state index contributed by atoms with van der Waals surface area (Å²) in [6, 6.07) is 2.56. The predicted octanol–water partition coefficient (Wildman–Crippen LogP) is 2.65. The van der Waals surface area contributed by atoms with Crippen LogP contribution in [0.5, 0.6) is 0 Å². The average Bonchev–Trinajstić information content (AvgIpc) is 3.11. The van der Waals surface area contributed by atoms with E-state index in [-0.39, 0.29) is 23.2 Å². The molecule has 3 fully saturated rings. The minimum Gasteiger partial charge on any atom is -0.469 e. The first-order valence-corrected chi connectivity index (χ1v) is 8.18. The Labute approximate surface area is 131 Å². The summed E-state index contributed by atoms with van der Waals surface area (Å²) in [6.45, 7) is 5.29. The van der Waals surface area contributed by atoms with Gasteiger partial charge in [-0.25, -0.2) is 0 Å². The molecule has 2 saturated carbocycles. The van der Waals surface area contributed by atoms with Crippen LogP contribution in [0.1, 0.15) is 46.0 Å². The van der Waals surface area contributed by atoms with Gasteiger partial charge in [0.05, 0.1) is 38.2 Å². The molecule has 0 amide bonds. The average molecular weight is 307 g/mol. The standard InChI is InChI=1S/C17H25NO4/c1-12-4-5-16(10-13(19)20-3)6-7-17(21-8-9-22-17)14(16)15(12,2)11-18/h12,14H,4-10H2,1-3H3/t12-,14+,15-,16+/m1/s1. The molecule has 4 atom stereocenters. The fraction of sp³-hybridized carbons (Fsp3) is 0.882. The lowest BCUT2D eigenvalue weighted by Crippen LogP contribution is -2.55. The molecule has 1 aliphatic heterocycles. The first-order chi connectivity index (χ1) is 10.4. The summed E-state index contributed by atoms with van der Waals surface area (Å²) >= 11 is 0. The van der Waals surface area contributed by atoms with Gasteiger partial charge in [-0.3, -0.25) is 4.79 Å². The molecule has 1 saturated heterocycles. The minimum absolute atomic E-state index is 0.0807. The van der Waals surface area contributed by atoms with E-state index in [1.807, 2.05) is 6.92 Å². The lowest BCUT2D eigenvalue weighted by molar-refractivity contribution is -0.232. The summed E-state index contributed by atoms with van der Waals surface area (Å²) in [4.78, 5) is 12.0. The van der Waals surface area contributed by atoms with Gasteiger partial charge in [0.2, 0.25) is 0 Å². The quantitative estimate of drug-likeness (QED) is 0.734. The van der Waals surface area contributed by atoms with Crippen LogP contribution in [0.3, 0.4) is 0 Å². The predicted molar refractivity (Wildman–Crippen MR) is 78.5 cm³/mol. The Hall–Kier alpha value is -1.12. The van der Waals surface area contributed by atoms with Gasteiger partial charge in [0.1, 0.15) is 0 Å². The highest BCUT2D eigenvalue weighted by Gasteiger charge is 2.69. The van der Waals surface area contributed by atoms with Crippen LogP contribution < -0.4 is 0 Å². The van der Waals surface area contributed by atoms with Crippen molar-refractivity contribution in [2.45, 2.75) is 51.7 Å². The number of fused-ring (bicyclic) bond motifs is 2. The van der Waals surface area contributed by atoms with E-state index in [0.29, 0.717) is 19.6 Å². The van der Waals surface area contributed by atoms with Gasteiger partial charge in [-0.15, -0.1) is 0 Å². The lowest BCUT2D eigenvalue weighted by Gasteiger charge is -2.53. The molecular weight excluding hydrogens is 282 g/mol. The number of hydrogen-bond donors (Lipinski definition) is 0. The molecule has 0 aromatic heterocycles. The van der Waals surface area contributed by atoms with Crippen LogP contribution in [-0.4, -0.2) is 32.1 Å². The molecule has 3 rings (SSSR count). The third kappa shape index (κ3) is 2.00. The van der Waals surface area contributed by atoms with Crippen LogP contribution >= 0.6 is 0 Å². The Kier molecular flexibility index (Phi) is 3.73. The van der Waals surface area contributed by atoms with E-state index < -0.39 is 11.2 Å². The first-order valence-electron chi connectivity index (χ1n) is 8.18. The Morgan fingerprint density at radius 3 is 2.59 bits per heavy atom. The normalized spacial score (nSPS) is 42.8. The van der Waals surface area contributed by atoms with Crippen LogP contribution in [-0.2, 0) is 19.0 Å². The fourth-order valence-corrected chi connectivity index (χ4v) is 5.22. The zero-order valence-corrected chi connectivity index (χ0v) is 13.7. The van der Waals surface area contributed by atoms with Crippen LogP contribution in [0.4, 0.5) is 0 Å². The second kappa shape index (κ2) is 5.21. The monoisotopic (exact) mass is 307 g/mol. The second-order valence-corrected chi connectivity index (χ2v) is 7.39. The molecule has 0 unspecified atom stereocenters. The van der Waals surface area contributed by atoms with Crippen LogP contribution in [0.25, 0.3) is 0 Å². The highest BCUT2D eigenvalue weighted by atomic mass is 16.7. The number of nitrogens with zero attached hydrogens (tertiary/aromatic N) is 1. The van der Waals surface area contributed by atoms with E-state index in [4.69, 9.17) is 14.2 Å². The highest BCUT2D eigenvalue weighted by molar-refractivity contribution is 5.70. The molecule has 1 spiro atoms. The van der Waals surface area contributed by atoms with Crippen LogP contribution in [0.2, 0.25) is 0 Å². The van der Waals surface area contributed by atoms with Crippen molar-refractivity contribution < 1.29 is 19.0 Å². The van der Waals surface area contributed by atoms with E-state index >= 15 is 0 Å². The van der Waals surface area contributed by atoms with Gasteiger partial charge in [0.15, 0.2) is 5.79 Å². The SMILES string of the molecule is COC(=O)C[C@@]12CC[C@@H](C)[C@@](C)(C#N)[C@@H]1C1(CC2)OCCO1. The van der Waals surface area contributed by atoms with E-state index in [0.717, 1.165) is 25.7 Å². The van der Waals surface area contributed by atoms with Crippen molar-refractivity contribution in [2.24, 2.45) is 22.7 Å². The third-order valence-corrected chi connectivity index (χ3v) is 6.46. The minimum atomic E-state index is -0.687. The van der Waals surface area contributed by atoms with Gasteiger partial charge in [-0.1, -0.05) is 6.92 Å². The molecule has 5 heteroatoms. The highest BCUT2D eigenvalue weighted by Crippen LogP contribution is 2.67. The molecule has 0 radical (unpaired) electrons. The van der Waals surface area contributed by atoms with Gasteiger partial charge in [-0.05, 0) is 37.5 Å². The van der Waals surface area contributed by atoms with Gasteiger partial charge >= 0.3 is 5.97 Å². The molecule has 0 bridgehead atoms. The summed E-state index contributed by atoms with van der Waals surface area (Å²) in [5, 5.41) is 9.94. The smallest absolute Gasteiger partial charge is 0.306 e. The molecule has 5 nitrogen and oxygen atoms in total. The number of methoxy groups -OCH3 is 1. The van der Waals surface area contributed by atoms with Crippen LogP contribution in [0, 0.1) is 34.0 Å². The number of rotatable bonds is 2. The summed E-state index contributed by atoms with van der Waals surface area (Å²) in [6.07, 6.45) is 3.86. The fourth-order valence-electron chi connectivity index (χ4n) is 5.22. The maximum atomic E-state index is 12.0. The molecule has 2 aliphatic carbocycles. The summed E-state index contributed by atoms with van der Waals surface area (Å²) in [5.41, 5.74) is -0.790. The van der Waals surface area contributed by atoms with Crippen molar-refractivity contribution in [3.63, 3.8) is 0 Å². The lowest BCUT2D eigenvalue weighted by atomic mass is 9.51. The maximum absolute atomic E-state index is 12.0. The van der Waals surface area contributed by atoms with E-state index in [1.54, 1.807) is 0 Å². The summed E-state index contributed by atoms with van der Waals surface area (Å²) in [5.74, 6) is -0.707. The number of carbonyl (C=O) groups is 1. The number of carbonyl (C=O) groups excluding carboxylic acids is 1. The Bertz CT molecular complexity index is 507. The van der Waals surface area contributed by atoms with Crippen molar-refractivity contribution >= 4 is 5.97 Å². The Morgan fingerprint density at radius 2 is 2.00 bits per heavy atom. The molecule has 1 heterocycles. The molecule has 3 aliphatic rings. The van der Waals surface area contributed by atoms with Crippen molar-refractivity contribution in [1.29, 1.82) is 5.26 Å². The van der Waals surface area contributed by atoms with E-state index in [2.05, 4.69) is 13.0 Å². The largest absolute Gasteiger partial charge is 0.469 e. The first kappa shape index (κ1) is 15.8. The van der Waals surface area contributed by atoms with Gasteiger partial charge < -0.3 is 14.2 Å². The van der Waals surface area contributed by atoms with Gasteiger partial charge in [0.25, 0.3) is 0 Å². The van der Waals surface area contributed by atoms with Gasteiger partial charge in [-0.2, -0.15) is 5.26 Å². The molecule has 0 aromatic rings. The van der Waals surface area contributed by atoms with Crippen molar-refractivity contribution in [3.05, 3.63) is 0 Å². The topological polar surface area (TPSA) is 68.6 Å². The van der Waals surface area contributed by atoms with Crippen LogP contribution in [0.15, 0.2) is 0 Å². The molecule has 22 heavy (non-hydrogen) atoms.